The molecule has 0 bridgehead atoms. The number of amides is 1. The van der Waals surface area contributed by atoms with Gasteiger partial charge in [0.15, 0.2) is 0 Å². The monoisotopic (exact) mass is 236 g/mol. The summed E-state index contributed by atoms with van der Waals surface area (Å²) in [5, 5.41) is 9.22. The Morgan fingerprint density at radius 3 is 2.41 bits per heavy atom. The molecule has 0 aliphatic carbocycles. The molecule has 0 aliphatic rings. The summed E-state index contributed by atoms with van der Waals surface area (Å²) in [6.07, 6.45) is -0.421. The number of aliphatic hydroxyl groups excluding tert-OH is 1. The predicted molar refractivity (Wildman–Crippen MR) is 69.0 cm³/mol. The molecule has 0 heterocycles. The van der Waals surface area contributed by atoms with Crippen LogP contribution in [0, 0.1) is 0 Å². The molecular weight excluding hydrogens is 216 g/mol. The Kier molecular flexibility index (Phi) is 5.12. The summed E-state index contributed by atoms with van der Waals surface area (Å²) in [6, 6.07) is 9.51. The van der Waals surface area contributed by atoms with E-state index < -0.39 is 6.10 Å². The molecule has 4 nitrogen and oxygen atoms in total. The Morgan fingerprint density at radius 2 is 1.88 bits per heavy atom. The summed E-state index contributed by atoms with van der Waals surface area (Å²) in [5.41, 5.74) is 0.878. The molecule has 0 radical (unpaired) electrons. The molecule has 1 rings (SSSR count). The van der Waals surface area contributed by atoms with Gasteiger partial charge in [-0.2, -0.15) is 0 Å². The fourth-order valence-corrected chi connectivity index (χ4v) is 1.65. The zero-order valence-corrected chi connectivity index (χ0v) is 10.6. The van der Waals surface area contributed by atoms with Gasteiger partial charge < -0.3 is 10.0 Å². The van der Waals surface area contributed by atoms with Gasteiger partial charge >= 0.3 is 0 Å². The Balaban J connectivity index is 2.53. The first-order valence-electron chi connectivity index (χ1n) is 5.69. The third-order valence-electron chi connectivity index (χ3n) is 2.50. The topological polar surface area (TPSA) is 43.8 Å². The number of rotatable bonds is 5. The average Bonchev–Trinajstić information content (AvgIpc) is 2.28. The lowest BCUT2D eigenvalue weighted by Gasteiger charge is -2.22. The highest BCUT2D eigenvalue weighted by molar-refractivity contribution is 5.94. The minimum Gasteiger partial charge on any atom is -0.392 e. The fraction of sp³-hybridized carbons (Fsp3) is 0.462. The molecule has 17 heavy (non-hydrogen) atoms. The van der Waals surface area contributed by atoms with E-state index in [-0.39, 0.29) is 5.91 Å². The SMILES string of the molecule is CC(O)CN(C)CC(=O)N(C)c1ccccc1. The summed E-state index contributed by atoms with van der Waals surface area (Å²) >= 11 is 0. The highest BCUT2D eigenvalue weighted by atomic mass is 16.3. The second kappa shape index (κ2) is 6.37. The quantitative estimate of drug-likeness (QED) is 0.828. The molecular formula is C13H20N2O2. The van der Waals surface area contributed by atoms with Crippen molar-refractivity contribution < 1.29 is 9.90 Å². The summed E-state index contributed by atoms with van der Waals surface area (Å²) in [4.78, 5) is 15.4. The number of anilines is 1. The highest BCUT2D eigenvalue weighted by Crippen LogP contribution is 2.11. The third-order valence-corrected chi connectivity index (χ3v) is 2.50. The van der Waals surface area contributed by atoms with E-state index in [0.29, 0.717) is 13.1 Å². The van der Waals surface area contributed by atoms with Gasteiger partial charge in [-0.1, -0.05) is 18.2 Å². The normalized spacial score (nSPS) is 12.5. The van der Waals surface area contributed by atoms with Crippen LogP contribution < -0.4 is 4.90 Å². The first-order chi connectivity index (χ1) is 8.00. The van der Waals surface area contributed by atoms with Crippen molar-refractivity contribution in [2.24, 2.45) is 0 Å². The smallest absolute Gasteiger partial charge is 0.240 e. The van der Waals surface area contributed by atoms with Crippen molar-refractivity contribution in [2.45, 2.75) is 13.0 Å². The largest absolute Gasteiger partial charge is 0.392 e. The van der Waals surface area contributed by atoms with Crippen LogP contribution in [0.3, 0.4) is 0 Å². The van der Waals surface area contributed by atoms with Gasteiger partial charge in [-0.3, -0.25) is 9.69 Å². The number of hydrogen-bond donors (Lipinski definition) is 1. The zero-order chi connectivity index (χ0) is 12.8. The molecule has 0 spiro atoms. The van der Waals surface area contributed by atoms with E-state index in [1.165, 1.54) is 0 Å². The van der Waals surface area contributed by atoms with Gasteiger partial charge in [-0.15, -0.1) is 0 Å². The average molecular weight is 236 g/mol. The number of likely N-dealkylation sites (N-methyl/N-ethyl adjacent to an activating group) is 2. The van der Waals surface area contributed by atoms with Gasteiger partial charge in [0.05, 0.1) is 12.6 Å². The summed E-state index contributed by atoms with van der Waals surface area (Å²) < 4.78 is 0. The molecule has 0 saturated heterocycles. The lowest BCUT2D eigenvalue weighted by molar-refractivity contribution is -0.119. The Bertz CT molecular complexity index is 352. The Labute approximate surface area is 102 Å². The van der Waals surface area contributed by atoms with Crippen LogP contribution in [-0.2, 0) is 4.79 Å². The van der Waals surface area contributed by atoms with Crippen molar-refractivity contribution in [3.8, 4) is 0 Å². The van der Waals surface area contributed by atoms with Crippen LogP contribution in [0.15, 0.2) is 30.3 Å². The highest BCUT2D eigenvalue weighted by Gasteiger charge is 2.13. The van der Waals surface area contributed by atoms with E-state index in [1.807, 2.05) is 42.3 Å². The number of aliphatic hydroxyl groups is 1. The van der Waals surface area contributed by atoms with Gasteiger partial charge in [0.2, 0.25) is 5.91 Å². The first kappa shape index (κ1) is 13.7. The minimum absolute atomic E-state index is 0.0133. The molecule has 1 aromatic carbocycles. The van der Waals surface area contributed by atoms with Crippen LogP contribution in [-0.4, -0.2) is 49.2 Å². The van der Waals surface area contributed by atoms with Crippen molar-refractivity contribution in [3.05, 3.63) is 30.3 Å². The Morgan fingerprint density at radius 1 is 1.29 bits per heavy atom. The number of nitrogens with zero attached hydrogens (tertiary/aromatic N) is 2. The second-order valence-corrected chi connectivity index (χ2v) is 4.33. The molecule has 1 unspecified atom stereocenters. The zero-order valence-electron chi connectivity index (χ0n) is 10.6. The molecule has 1 amide bonds. The third kappa shape index (κ3) is 4.54. The van der Waals surface area contributed by atoms with Gasteiger partial charge in [-0.25, -0.2) is 0 Å². The van der Waals surface area contributed by atoms with E-state index in [2.05, 4.69) is 0 Å². The van der Waals surface area contributed by atoms with Crippen molar-refractivity contribution in [2.75, 3.05) is 32.1 Å². The van der Waals surface area contributed by atoms with Gasteiger partial charge in [0.25, 0.3) is 0 Å². The van der Waals surface area contributed by atoms with E-state index >= 15 is 0 Å². The predicted octanol–water partition coefficient (Wildman–Crippen LogP) is 0.962. The maximum absolute atomic E-state index is 11.9. The minimum atomic E-state index is -0.421. The van der Waals surface area contributed by atoms with Gasteiger partial charge in [0.1, 0.15) is 0 Å². The standard InChI is InChI=1S/C13H20N2O2/c1-11(16)9-14(2)10-13(17)15(3)12-7-5-4-6-8-12/h4-8,11,16H,9-10H2,1-3H3. The van der Waals surface area contributed by atoms with Gasteiger partial charge in [-0.05, 0) is 26.1 Å². The van der Waals surface area contributed by atoms with E-state index in [4.69, 9.17) is 0 Å². The molecule has 0 aromatic heterocycles. The number of benzene rings is 1. The lowest BCUT2D eigenvalue weighted by atomic mass is 10.3. The number of carbonyl (C=O) groups is 1. The van der Waals surface area contributed by atoms with E-state index in [9.17, 15) is 9.90 Å². The maximum Gasteiger partial charge on any atom is 0.240 e. The summed E-state index contributed by atoms with van der Waals surface area (Å²) in [5.74, 6) is 0.0133. The summed E-state index contributed by atoms with van der Waals surface area (Å²) in [7, 11) is 3.58. The van der Waals surface area contributed by atoms with Gasteiger partial charge in [0, 0.05) is 19.3 Å². The van der Waals surface area contributed by atoms with Crippen LogP contribution in [0.25, 0.3) is 0 Å². The maximum atomic E-state index is 11.9. The van der Waals surface area contributed by atoms with E-state index in [1.54, 1.807) is 18.9 Å². The van der Waals surface area contributed by atoms with Crippen molar-refractivity contribution in [1.29, 1.82) is 0 Å². The molecule has 1 aromatic rings. The van der Waals surface area contributed by atoms with Crippen LogP contribution in [0.2, 0.25) is 0 Å². The molecule has 1 atom stereocenters. The van der Waals surface area contributed by atoms with Crippen LogP contribution in [0.4, 0.5) is 5.69 Å². The molecule has 4 heteroatoms. The van der Waals surface area contributed by atoms with Crippen molar-refractivity contribution in [3.63, 3.8) is 0 Å². The molecule has 94 valence electrons. The first-order valence-corrected chi connectivity index (χ1v) is 5.69. The van der Waals surface area contributed by atoms with Crippen molar-refractivity contribution in [1.82, 2.24) is 4.90 Å². The fourth-order valence-electron chi connectivity index (χ4n) is 1.65. The van der Waals surface area contributed by atoms with Crippen LogP contribution in [0.1, 0.15) is 6.92 Å². The number of hydrogen-bond acceptors (Lipinski definition) is 3. The molecule has 0 fully saturated rings. The number of para-hydroxylation sites is 1. The van der Waals surface area contributed by atoms with Crippen molar-refractivity contribution >= 4 is 11.6 Å². The van der Waals surface area contributed by atoms with Crippen LogP contribution >= 0.6 is 0 Å². The molecule has 0 aliphatic heterocycles. The Hall–Kier alpha value is -1.39. The second-order valence-electron chi connectivity index (χ2n) is 4.33. The lowest BCUT2D eigenvalue weighted by Crippen LogP contribution is -2.39. The molecule has 0 saturated carbocycles. The van der Waals surface area contributed by atoms with Crippen LogP contribution in [0.5, 0.6) is 0 Å². The summed E-state index contributed by atoms with van der Waals surface area (Å²) in [6.45, 7) is 2.51. The number of carbonyl (C=O) groups excluding carboxylic acids is 1. The van der Waals surface area contributed by atoms with E-state index in [0.717, 1.165) is 5.69 Å². The molecule has 1 N–H and O–H groups in total.